The summed E-state index contributed by atoms with van der Waals surface area (Å²) in [5.41, 5.74) is 1.40. The van der Waals surface area contributed by atoms with Crippen LogP contribution in [0.25, 0.3) is 22.5 Å². The molecule has 2 aromatic carbocycles. The average molecular weight is 604 g/mol. The van der Waals surface area contributed by atoms with Crippen molar-refractivity contribution >= 4 is 23.2 Å². The Morgan fingerprint density at radius 2 is 1.83 bits per heavy atom. The first kappa shape index (κ1) is 29.6. The van der Waals surface area contributed by atoms with Crippen LogP contribution in [0.4, 0.5) is 18.9 Å². The van der Waals surface area contributed by atoms with Crippen LogP contribution in [0.5, 0.6) is 0 Å². The van der Waals surface area contributed by atoms with E-state index >= 15 is 0 Å². The predicted molar refractivity (Wildman–Crippen MR) is 145 cm³/mol. The molecule has 10 nitrogen and oxygen atoms in total. The van der Waals surface area contributed by atoms with Gasteiger partial charge < -0.3 is 24.6 Å². The second-order valence-electron chi connectivity index (χ2n) is 9.58. The summed E-state index contributed by atoms with van der Waals surface area (Å²) in [6, 6.07) is 11.1. The van der Waals surface area contributed by atoms with Crippen molar-refractivity contribution in [1.29, 1.82) is 0 Å². The van der Waals surface area contributed by atoms with Gasteiger partial charge in [0.05, 0.1) is 29.2 Å². The van der Waals surface area contributed by atoms with Gasteiger partial charge in [0.25, 0.3) is 5.91 Å². The Morgan fingerprint density at radius 3 is 2.48 bits per heavy atom. The highest BCUT2D eigenvalue weighted by molar-refractivity contribution is 6.31. The number of benzene rings is 2. The van der Waals surface area contributed by atoms with Gasteiger partial charge >= 0.3 is 0 Å². The SMILES string of the molecule is CO[C@@H]1[C@@H](n2cc(-c3cc(F)c(F)c(F)c3)nn2)[C@@H](O)[C@@H](CO)O[C@H]1C(=O)N(C)c1cc(Cl)cnc1-c1ccccc1. The van der Waals surface area contributed by atoms with E-state index in [1.165, 1.54) is 31.5 Å². The minimum atomic E-state index is -1.63. The Balaban J connectivity index is 1.51. The summed E-state index contributed by atoms with van der Waals surface area (Å²) in [7, 11) is 2.80. The molecule has 2 aromatic heterocycles. The van der Waals surface area contributed by atoms with Crippen LogP contribution in [0.3, 0.4) is 0 Å². The molecule has 4 aromatic rings. The normalized spacial score (nSPS) is 22.2. The number of aliphatic hydroxyl groups is 2. The highest BCUT2D eigenvalue weighted by Crippen LogP contribution is 2.36. The molecule has 1 aliphatic heterocycles. The standard InChI is InChI=1S/C28H25ClF3N5O5/c1-36(20-10-16(29)11-33-23(20)14-6-4-3-5-7-14)28(40)27-26(41-2)24(25(39)21(13-38)42-27)37-12-19(34-35-37)15-8-17(30)22(32)18(31)9-15/h3-12,21,24-27,38-39H,13H2,1-2H3/t21-,24+,25+,26-,27-/m1/s1. The quantitative estimate of drug-likeness (QED) is 0.308. The molecule has 1 saturated heterocycles. The van der Waals surface area contributed by atoms with E-state index in [0.717, 1.165) is 22.4 Å². The average Bonchev–Trinajstić information content (AvgIpc) is 3.48. The lowest BCUT2D eigenvalue weighted by atomic mass is 9.91. The minimum Gasteiger partial charge on any atom is -0.394 e. The van der Waals surface area contributed by atoms with Gasteiger partial charge in [0, 0.05) is 31.5 Å². The number of pyridine rings is 1. The third-order valence-electron chi connectivity index (χ3n) is 7.05. The molecule has 5 atom stereocenters. The number of anilines is 1. The first-order valence-corrected chi connectivity index (χ1v) is 13.0. The maximum atomic E-state index is 14.0. The summed E-state index contributed by atoms with van der Waals surface area (Å²) in [5.74, 6) is -5.08. The zero-order valence-electron chi connectivity index (χ0n) is 22.2. The first-order valence-electron chi connectivity index (χ1n) is 12.7. The van der Waals surface area contributed by atoms with Crippen molar-refractivity contribution < 1.29 is 37.7 Å². The number of ether oxygens (including phenoxy) is 2. The van der Waals surface area contributed by atoms with E-state index < -0.39 is 60.4 Å². The van der Waals surface area contributed by atoms with Crippen LogP contribution in [-0.2, 0) is 14.3 Å². The molecule has 0 radical (unpaired) electrons. The third-order valence-corrected chi connectivity index (χ3v) is 7.26. The molecule has 1 aliphatic rings. The fraction of sp³-hybridized carbons (Fsp3) is 0.286. The second-order valence-corrected chi connectivity index (χ2v) is 10.0. The third kappa shape index (κ3) is 5.49. The van der Waals surface area contributed by atoms with Gasteiger partial charge in [-0.1, -0.05) is 47.1 Å². The molecule has 42 heavy (non-hydrogen) atoms. The van der Waals surface area contributed by atoms with Gasteiger partial charge in [0.15, 0.2) is 23.6 Å². The number of methoxy groups -OCH3 is 1. The fourth-order valence-electron chi connectivity index (χ4n) is 4.93. The molecule has 0 unspecified atom stereocenters. The Morgan fingerprint density at radius 1 is 1.14 bits per heavy atom. The molecule has 1 amide bonds. The fourth-order valence-corrected chi connectivity index (χ4v) is 5.08. The van der Waals surface area contributed by atoms with Crippen LogP contribution in [0.2, 0.25) is 5.02 Å². The van der Waals surface area contributed by atoms with E-state index in [4.69, 9.17) is 21.1 Å². The molecule has 0 spiro atoms. The van der Waals surface area contributed by atoms with Gasteiger partial charge in [-0.15, -0.1) is 5.10 Å². The molecule has 0 saturated carbocycles. The number of aliphatic hydroxyl groups excluding tert-OH is 2. The number of amides is 1. The van der Waals surface area contributed by atoms with Crippen molar-refractivity contribution in [2.24, 2.45) is 0 Å². The molecule has 2 N–H and O–H groups in total. The van der Waals surface area contributed by atoms with Gasteiger partial charge in [-0.3, -0.25) is 9.78 Å². The zero-order chi connectivity index (χ0) is 30.1. The lowest BCUT2D eigenvalue weighted by Crippen LogP contribution is -2.61. The van der Waals surface area contributed by atoms with Gasteiger partial charge in [-0.2, -0.15) is 0 Å². The van der Waals surface area contributed by atoms with Crippen molar-refractivity contribution in [3.63, 3.8) is 0 Å². The summed E-state index contributed by atoms with van der Waals surface area (Å²) in [4.78, 5) is 19.7. The monoisotopic (exact) mass is 603 g/mol. The molecule has 14 heteroatoms. The molecule has 3 heterocycles. The van der Waals surface area contributed by atoms with E-state index in [1.54, 1.807) is 6.07 Å². The lowest BCUT2D eigenvalue weighted by molar-refractivity contribution is -0.211. The molecule has 0 bridgehead atoms. The van der Waals surface area contributed by atoms with Gasteiger partial charge in [0.1, 0.15) is 30.0 Å². The number of halogens is 4. The number of carbonyl (C=O) groups excluding carboxylic acids is 1. The Labute approximate surface area is 242 Å². The summed E-state index contributed by atoms with van der Waals surface area (Å²) >= 11 is 6.23. The van der Waals surface area contributed by atoms with Crippen molar-refractivity contribution in [1.82, 2.24) is 20.0 Å². The van der Waals surface area contributed by atoms with Crippen LogP contribution >= 0.6 is 11.6 Å². The van der Waals surface area contributed by atoms with Crippen molar-refractivity contribution in [2.45, 2.75) is 30.5 Å². The number of rotatable bonds is 7. The van der Waals surface area contributed by atoms with Gasteiger partial charge in [-0.05, 0) is 18.2 Å². The van der Waals surface area contributed by atoms with Gasteiger partial charge in [-0.25, -0.2) is 17.9 Å². The highest BCUT2D eigenvalue weighted by atomic mass is 35.5. The van der Waals surface area contributed by atoms with Crippen LogP contribution in [0.15, 0.2) is 60.9 Å². The topological polar surface area (TPSA) is 123 Å². The molecule has 1 fully saturated rings. The van der Waals surface area contributed by atoms with E-state index in [1.807, 2.05) is 30.3 Å². The molecular formula is C28H25ClF3N5O5. The largest absolute Gasteiger partial charge is 0.394 e. The van der Waals surface area contributed by atoms with Crippen LogP contribution < -0.4 is 4.90 Å². The Bertz CT molecular complexity index is 1570. The van der Waals surface area contributed by atoms with E-state index in [-0.39, 0.29) is 16.3 Å². The molecule has 220 valence electrons. The highest BCUT2D eigenvalue weighted by Gasteiger charge is 2.50. The van der Waals surface area contributed by atoms with Crippen LogP contribution in [0, 0.1) is 17.5 Å². The van der Waals surface area contributed by atoms with E-state index in [0.29, 0.717) is 11.4 Å². The lowest BCUT2D eigenvalue weighted by Gasteiger charge is -2.43. The Kier molecular flexibility index (Phi) is 8.57. The molecule has 5 rings (SSSR count). The van der Waals surface area contributed by atoms with Crippen LogP contribution in [-0.4, -0.2) is 81.3 Å². The smallest absolute Gasteiger partial charge is 0.258 e. The van der Waals surface area contributed by atoms with Crippen molar-refractivity contribution in [2.75, 3.05) is 25.7 Å². The second kappa shape index (κ2) is 12.2. The number of likely N-dealkylation sites (N-methyl/N-ethyl adjacent to an activating group) is 1. The Hall–Kier alpha value is -3.88. The number of hydrogen-bond donors (Lipinski definition) is 2. The number of carbonyl (C=O) groups is 1. The summed E-state index contributed by atoms with van der Waals surface area (Å²) in [5, 5.41) is 29.3. The number of hydrogen-bond acceptors (Lipinski definition) is 8. The summed E-state index contributed by atoms with van der Waals surface area (Å²) < 4.78 is 53.8. The summed E-state index contributed by atoms with van der Waals surface area (Å²) in [6.45, 7) is -0.661. The van der Waals surface area contributed by atoms with E-state index in [2.05, 4.69) is 15.3 Å². The van der Waals surface area contributed by atoms with Crippen LogP contribution in [0.1, 0.15) is 6.04 Å². The van der Waals surface area contributed by atoms with Gasteiger partial charge in [0.2, 0.25) is 0 Å². The maximum Gasteiger partial charge on any atom is 0.258 e. The molecule has 0 aliphatic carbocycles. The van der Waals surface area contributed by atoms with Crippen molar-refractivity contribution in [3.8, 4) is 22.5 Å². The van der Waals surface area contributed by atoms with E-state index in [9.17, 15) is 28.2 Å². The molecular weight excluding hydrogens is 579 g/mol. The first-order chi connectivity index (χ1) is 20.1. The minimum absolute atomic E-state index is 0.0422. The summed E-state index contributed by atoms with van der Waals surface area (Å²) in [6.07, 6.45) is -2.54. The number of aromatic nitrogens is 4. The number of nitrogens with zero attached hydrogens (tertiary/aromatic N) is 5. The predicted octanol–water partition coefficient (Wildman–Crippen LogP) is 3.42. The zero-order valence-corrected chi connectivity index (χ0v) is 23.0. The maximum absolute atomic E-state index is 14.0. The van der Waals surface area contributed by atoms with Crippen molar-refractivity contribution in [3.05, 3.63) is 83.4 Å².